The van der Waals surface area contributed by atoms with Crippen molar-refractivity contribution in [2.24, 2.45) is 0 Å². The van der Waals surface area contributed by atoms with Crippen LogP contribution in [0.4, 0.5) is 5.69 Å². The molecule has 0 spiro atoms. The summed E-state index contributed by atoms with van der Waals surface area (Å²) in [4.78, 5) is 27.4. The van der Waals surface area contributed by atoms with Crippen LogP contribution in [0.3, 0.4) is 0 Å². The Balaban J connectivity index is 1.59. The van der Waals surface area contributed by atoms with Crippen LogP contribution < -0.4 is 10.2 Å². The van der Waals surface area contributed by atoms with E-state index in [9.17, 15) is 9.59 Å². The van der Waals surface area contributed by atoms with E-state index in [2.05, 4.69) is 22.0 Å². The van der Waals surface area contributed by atoms with Crippen LogP contribution in [0.1, 0.15) is 11.1 Å². The lowest BCUT2D eigenvalue weighted by atomic mass is 10.1. The predicted molar refractivity (Wildman–Crippen MR) is 135 cm³/mol. The highest BCUT2D eigenvalue weighted by molar-refractivity contribution is 7.80. The summed E-state index contributed by atoms with van der Waals surface area (Å²) in [6, 6.07) is 24.9. The fraction of sp³-hybridized carbons (Fsp3) is 0.0385. The van der Waals surface area contributed by atoms with Gasteiger partial charge in [-0.05, 0) is 42.1 Å². The van der Waals surface area contributed by atoms with Gasteiger partial charge in [0, 0.05) is 29.2 Å². The van der Waals surface area contributed by atoms with Gasteiger partial charge < -0.3 is 4.57 Å². The van der Waals surface area contributed by atoms with Crippen molar-refractivity contribution in [3.8, 4) is 0 Å². The topological polar surface area (TPSA) is 54.3 Å². The zero-order valence-electron chi connectivity index (χ0n) is 17.4. The fourth-order valence-electron chi connectivity index (χ4n) is 3.97. The number of anilines is 1. The zero-order valence-corrected chi connectivity index (χ0v) is 18.9. The third-order valence-corrected chi connectivity index (χ3v) is 6.11. The Morgan fingerprint density at radius 3 is 2.39 bits per heavy atom. The quantitative estimate of drug-likeness (QED) is 0.253. The molecule has 0 unspecified atom stereocenters. The molecule has 0 aliphatic carbocycles. The number of benzene rings is 3. The summed E-state index contributed by atoms with van der Waals surface area (Å²) < 4.78 is 2.11. The van der Waals surface area contributed by atoms with Crippen LogP contribution in [0.25, 0.3) is 17.0 Å². The van der Waals surface area contributed by atoms with Crippen molar-refractivity contribution < 1.29 is 9.59 Å². The molecule has 1 fully saturated rings. The molecular formula is C26H18ClN3O2S. The van der Waals surface area contributed by atoms with Crippen LogP contribution in [0, 0.1) is 0 Å². The van der Waals surface area contributed by atoms with Crippen molar-refractivity contribution >= 4 is 63.4 Å². The molecule has 5 rings (SSSR count). The Bertz CT molecular complexity index is 1440. The number of thiocarbonyl (C=S) groups is 1. The van der Waals surface area contributed by atoms with Crippen LogP contribution in [0.5, 0.6) is 0 Å². The van der Waals surface area contributed by atoms with Gasteiger partial charge in [-0.1, -0.05) is 72.3 Å². The van der Waals surface area contributed by atoms with Gasteiger partial charge in [0.05, 0.1) is 10.7 Å². The number of para-hydroxylation sites is 2. The molecule has 0 saturated carbocycles. The molecule has 3 aromatic carbocycles. The highest BCUT2D eigenvalue weighted by Crippen LogP contribution is 2.30. The summed E-state index contributed by atoms with van der Waals surface area (Å²) in [5, 5.41) is 3.92. The van der Waals surface area contributed by atoms with Crippen LogP contribution in [0.2, 0.25) is 5.02 Å². The molecule has 1 aliphatic heterocycles. The lowest BCUT2D eigenvalue weighted by Gasteiger charge is -2.29. The van der Waals surface area contributed by atoms with E-state index in [1.165, 1.54) is 4.90 Å². The number of carbonyl (C=O) groups is 2. The summed E-state index contributed by atoms with van der Waals surface area (Å²) in [7, 11) is 0. The zero-order chi connectivity index (χ0) is 22.9. The van der Waals surface area contributed by atoms with Gasteiger partial charge in [0.1, 0.15) is 5.57 Å². The number of nitrogens with one attached hydrogen (secondary N) is 1. The van der Waals surface area contributed by atoms with Gasteiger partial charge in [0.15, 0.2) is 5.11 Å². The number of carbonyl (C=O) groups excluding carboxylic acids is 2. The molecule has 1 aliphatic rings. The number of nitrogens with zero attached hydrogens (tertiary/aromatic N) is 2. The fourth-order valence-corrected chi connectivity index (χ4v) is 4.46. The molecule has 0 bridgehead atoms. The predicted octanol–water partition coefficient (Wildman–Crippen LogP) is 5.17. The Kier molecular flexibility index (Phi) is 5.54. The van der Waals surface area contributed by atoms with Gasteiger partial charge >= 0.3 is 0 Å². The number of fused-ring (bicyclic) bond motifs is 1. The second-order valence-corrected chi connectivity index (χ2v) is 8.42. The molecule has 4 aromatic rings. The minimum absolute atomic E-state index is 0.00163. The van der Waals surface area contributed by atoms with Gasteiger partial charge in [-0.15, -0.1) is 0 Å². The van der Waals surface area contributed by atoms with E-state index < -0.39 is 11.8 Å². The summed E-state index contributed by atoms with van der Waals surface area (Å²) in [5.41, 5.74) is 3.35. The first-order valence-corrected chi connectivity index (χ1v) is 11.1. The number of aromatic nitrogens is 1. The molecule has 0 atom stereocenters. The maximum Gasteiger partial charge on any atom is 0.270 e. The first-order chi connectivity index (χ1) is 16.0. The van der Waals surface area contributed by atoms with E-state index in [0.29, 0.717) is 17.3 Å². The second-order valence-electron chi connectivity index (χ2n) is 7.62. The highest BCUT2D eigenvalue weighted by atomic mass is 35.5. The smallest absolute Gasteiger partial charge is 0.270 e. The van der Waals surface area contributed by atoms with Gasteiger partial charge in [-0.3, -0.25) is 19.8 Å². The number of hydrogen-bond acceptors (Lipinski definition) is 3. The summed E-state index contributed by atoms with van der Waals surface area (Å²) in [5.74, 6) is -1.05. The Hall–Kier alpha value is -3.74. The van der Waals surface area contributed by atoms with Gasteiger partial charge in [-0.2, -0.15) is 0 Å². The molecule has 2 amide bonds. The Morgan fingerprint density at radius 2 is 1.61 bits per heavy atom. The standard InChI is InChI=1S/C26H18ClN3O2S/c27-21-11-5-7-13-23(21)30-25(32)20(24(31)28-26(30)33)14-18-16-29(15-17-8-2-1-3-9-17)22-12-6-4-10-19(18)22/h1-14,16H,15H2,(H,28,31,33)/b20-14+. The van der Waals surface area contributed by atoms with Crippen LogP contribution in [-0.2, 0) is 16.1 Å². The van der Waals surface area contributed by atoms with Gasteiger partial charge in [0.2, 0.25) is 0 Å². The minimum Gasteiger partial charge on any atom is -0.342 e. The molecule has 0 radical (unpaired) electrons. The van der Waals surface area contributed by atoms with Crippen LogP contribution in [0.15, 0.2) is 90.6 Å². The number of hydrogen-bond donors (Lipinski definition) is 1. The van der Waals surface area contributed by atoms with Crippen molar-refractivity contribution in [3.63, 3.8) is 0 Å². The molecule has 2 heterocycles. The van der Waals surface area contributed by atoms with E-state index in [4.69, 9.17) is 23.8 Å². The lowest BCUT2D eigenvalue weighted by Crippen LogP contribution is -2.54. The van der Waals surface area contributed by atoms with E-state index in [1.54, 1.807) is 30.3 Å². The molecule has 7 heteroatoms. The van der Waals surface area contributed by atoms with Gasteiger partial charge in [0.25, 0.3) is 11.8 Å². The molecule has 1 saturated heterocycles. The molecule has 162 valence electrons. The maximum absolute atomic E-state index is 13.4. The van der Waals surface area contributed by atoms with Crippen molar-refractivity contribution in [2.45, 2.75) is 6.54 Å². The van der Waals surface area contributed by atoms with E-state index in [1.807, 2.05) is 48.7 Å². The molecular weight excluding hydrogens is 454 g/mol. The maximum atomic E-state index is 13.4. The van der Waals surface area contributed by atoms with Crippen LogP contribution >= 0.6 is 23.8 Å². The normalized spacial score (nSPS) is 15.4. The number of halogens is 1. The summed E-state index contributed by atoms with van der Waals surface area (Å²) in [6.45, 7) is 0.667. The first-order valence-electron chi connectivity index (χ1n) is 10.3. The highest BCUT2D eigenvalue weighted by Gasteiger charge is 2.35. The largest absolute Gasteiger partial charge is 0.342 e. The monoisotopic (exact) mass is 471 g/mol. The SMILES string of the molecule is O=C1NC(=S)N(c2ccccc2Cl)C(=O)/C1=C/c1cn(Cc2ccccc2)c2ccccc12. The van der Waals surface area contributed by atoms with Crippen molar-refractivity contribution in [2.75, 3.05) is 4.90 Å². The first kappa shape index (κ1) is 21.1. The van der Waals surface area contributed by atoms with Crippen molar-refractivity contribution in [1.82, 2.24) is 9.88 Å². The molecule has 1 aromatic heterocycles. The minimum atomic E-state index is -0.534. The number of amides is 2. The third-order valence-electron chi connectivity index (χ3n) is 5.51. The van der Waals surface area contributed by atoms with E-state index in [-0.39, 0.29) is 10.7 Å². The average Bonchev–Trinajstić information content (AvgIpc) is 3.16. The molecule has 33 heavy (non-hydrogen) atoms. The van der Waals surface area contributed by atoms with E-state index in [0.717, 1.165) is 22.0 Å². The summed E-state index contributed by atoms with van der Waals surface area (Å²) >= 11 is 11.6. The number of rotatable bonds is 4. The Labute approximate surface area is 200 Å². The second kappa shape index (κ2) is 8.65. The average molecular weight is 472 g/mol. The molecule has 5 nitrogen and oxygen atoms in total. The lowest BCUT2D eigenvalue weighted by molar-refractivity contribution is -0.122. The van der Waals surface area contributed by atoms with Gasteiger partial charge in [-0.25, -0.2) is 0 Å². The third kappa shape index (κ3) is 3.95. The Morgan fingerprint density at radius 1 is 0.909 bits per heavy atom. The van der Waals surface area contributed by atoms with Crippen molar-refractivity contribution in [1.29, 1.82) is 0 Å². The summed E-state index contributed by atoms with van der Waals surface area (Å²) in [6.07, 6.45) is 3.57. The van der Waals surface area contributed by atoms with Crippen LogP contribution in [-0.4, -0.2) is 21.5 Å². The van der Waals surface area contributed by atoms with E-state index >= 15 is 0 Å². The molecule has 1 N–H and O–H groups in total. The van der Waals surface area contributed by atoms with Crippen molar-refractivity contribution in [3.05, 3.63) is 107 Å².